The van der Waals surface area contributed by atoms with Crippen LogP contribution in [0.15, 0.2) is 10.8 Å². The lowest BCUT2D eigenvalue weighted by Crippen LogP contribution is -1.88. The van der Waals surface area contributed by atoms with Crippen molar-refractivity contribution in [2.45, 2.75) is 6.92 Å². The van der Waals surface area contributed by atoms with Gasteiger partial charge in [0, 0.05) is 6.20 Å². The van der Waals surface area contributed by atoms with Crippen LogP contribution in [0.5, 0.6) is 0 Å². The molecule has 0 saturated heterocycles. The van der Waals surface area contributed by atoms with E-state index in [0.29, 0.717) is 10.2 Å². The van der Waals surface area contributed by atoms with Crippen LogP contribution in [0.2, 0.25) is 0 Å². The molecule has 1 aromatic rings. The molecule has 0 atom stereocenters. The average molecular weight is 189 g/mol. The van der Waals surface area contributed by atoms with E-state index in [1.807, 2.05) is 0 Å². The molecule has 3 nitrogen and oxygen atoms in total. The van der Waals surface area contributed by atoms with Gasteiger partial charge in [0.15, 0.2) is 5.78 Å². The van der Waals surface area contributed by atoms with Crippen LogP contribution >= 0.6 is 15.9 Å². The van der Waals surface area contributed by atoms with Crippen LogP contribution in [0.1, 0.15) is 17.3 Å². The Labute approximate surface area is 60.6 Å². The smallest absolute Gasteiger partial charge is 0.164 e. The Morgan fingerprint density at radius 2 is 2.56 bits per heavy atom. The van der Waals surface area contributed by atoms with Crippen LogP contribution < -0.4 is 0 Å². The molecule has 1 N–H and O–H groups in total. The second kappa shape index (κ2) is 2.31. The molecule has 0 amide bonds. The quantitative estimate of drug-likeness (QED) is 0.678. The van der Waals surface area contributed by atoms with Crippen LogP contribution in [0, 0.1) is 0 Å². The second-order valence-corrected chi connectivity index (χ2v) is 2.40. The van der Waals surface area contributed by atoms with Crippen molar-refractivity contribution in [1.82, 2.24) is 10.2 Å². The average Bonchev–Trinajstić information content (AvgIpc) is 2.13. The van der Waals surface area contributed by atoms with Crippen molar-refractivity contribution in [3.8, 4) is 0 Å². The number of aromatic nitrogens is 2. The van der Waals surface area contributed by atoms with Crippen LogP contribution in [0.4, 0.5) is 0 Å². The maximum Gasteiger partial charge on any atom is 0.164 e. The van der Waals surface area contributed by atoms with Gasteiger partial charge in [0.05, 0.1) is 5.56 Å². The van der Waals surface area contributed by atoms with Gasteiger partial charge in [-0.15, -0.1) is 0 Å². The summed E-state index contributed by atoms with van der Waals surface area (Å²) in [6.07, 6.45) is 1.56. The molecule has 48 valence electrons. The molecule has 4 heteroatoms. The zero-order chi connectivity index (χ0) is 6.85. The van der Waals surface area contributed by atoms with E-state index in [2.05, 4.69) is 26.1 Å². The molecule has 0 unspecified atom stereocenters. The Bertz CT molecular complexity index is 231. The molecule has 0 aliphatic rings. The van der Waals surface area contributed by atoms with Crippen molar-refractivity contribution in [2.24, 2.45) is 0 Å². The van der Waals surface area contributed by atoms with E-state index in [9.17, 15) is 4.79 Å². The maximum atomic E-state index is 10.6. The molecular formula is C5H5BrN2O. The molecule has 0 aliphatic carbocycles. The van der Waals surface area contributed by atoms with Gasteiger partial charge in [-0.05, 0) is 22.9 Å². The predicted molar refractivity (Wildman–Crippen MR) is 36.3 cm³/mol. The number of halogens is 1. The summed E-state index contributed by atoms with van der Waals surface area (Å²) in [5, 5.41) is 6.27. The number of carbonyl (C=O) groups is 1. The lowest BCUT2D eigenvalue weighted by atomic mass is 10.3. The third-order valence-electron chi connectivity index (χ3n) is 0.973. The molecule has 0 spiro atoms. The summed E-state index contributed by atoms with van der Waals surface area (Å²) in [6.45, 7) is 1.50. The fraction of sp³-hybridized carbons (Fsp3) is 0.200. The highest BCUT2D eigenvalue weighted by Gasteiger charge is 2.05. The molecule has 0 radical (unpaired) electrons. The molecule has 1 rings (SSSR count). The van der Waals surface area contributed by atoms with Crippen molar-refractivity contribution in [1.29, 1.82) is 0 Å². The maximum absolute atomic E-state index is 10.6. The van der Waals surface area contributed by atoms with Gasteiger partial charge in [-0.1, -0.05) is 0 Å². The minimum atomic E-state index is 0.00984. The number of H-pyrrole nitrogens is 1. The Morgan fingerprint density at radius 3 is 2.78 bits per heavy atom. The molecule has 9 heavy (non-hydrogen) atoms. The third-order valence-corrected chi connectivity index (χ3v) is 1.58. The molecule has 0 aliphatic heterocycles. The van der Waals surface area contributed by atoms with Crippen molar-refractivity contribution in [2.75, 3.05) is 0 Å². The molecule has 0 aromatic carbocycles. The van der Waals surface area contributed by atoms with Gasteiger partial charge in [0.1, 0.15) is 4.60 Å². The minimum Gasteiger partial charge on any atom is -0.294 e. The van der Waals surface area contributed by atoms with Crippen molar-refractivity contribution >= 4 is 21.7 Å². The fourth-order valence-electron chi connectivity index (χ4n) is 0.520. The summed E-state index contributed by atoms with van der Waals surface area (Å²) in [5.41, 5.74) is 0.593. The highest BCUT2D eigenvalue weighted by molar-refractivity contribution is 9.10. The van der Waals surface area contributed by atoms with Gasteiger partial charge in [-0.25, -0.2) is 0 Å². The number of nitrogens with zero attached hydrogens (tertiary/aromatic N) is 1. The molecule has 1 heterocycles. The number of aromatic amines is 1. The van der Waals surface area contributed by atoms with E-state index in [-0.39, 0.29) is 5.78 Å². The molecule has 1 aromatic heterocycles. The first-order valence-corrected chi connectivity index (χ1v) is 3.21. The van der Waals surface area contributed by atoms with E-state index < -0.39 is 0 Å². The highest BCUT2D eigenvalue weighted by Crippen LogP contribution is 2.11. The normalized spacial score (nSPS) is 9.56. The molecule has 0 saturated carbocycles. The molecule has 0 fully saturated rings. The fourth-order valence-corrected chi connectivity index (χ4v) is 1.02. The SMILES string of the molecule is CC(=O)c1c[nH]nc1Br. The standard InChI is InChI=1S/C5H5BrN2O/c1-3(9)4-2-7-8-5(4)6/h2H,1H3,(H,7,8). The Hall–Kier alpha value is -0.640. The summed E-state index contributed by atoms with van der Waals surface area (Å²) in [7, 11) is 0. The monoisotopic (exact) mass is 188 g/mol. The van der Waals surface area contributed by atoms with E-state index in [4.69, 9.17) is 0 Å². The molecular weight excluding hydrogens is 184 g/mol. The summed E-state index contributed by atoms with van der Waals surface area (Å²) in [4.78, 5) is 10.6. The first kappa shape index (κ1) is 6.48. The van der Waals surface area contributed by atoms with E-state index >= 15 is 0 Å². The first-order chi connectivity index (χ1) is 4.22. The number of Topliss-reactive ketones (excluding diaryl/α,β-unsaturated/α-hetero) is 1. The lowest BCUT2D eigenvalue weighted by Gasteiger charge is -1.83. The third kappa shape index (κ3) is 1.18. The van der Waals surface area contributed by atoms with Gasteiger partial charge in [0.2, 0.25) is 0 Å². The van der Waals surface area contributed by atoms with Gasteiger partial charge in [-0.2, -0.15) is 5.10 Å². The van der Waals surface area contributed by atoms with Gasteiger partial charge < -0.3 is 0 Å². The van der Waals surface area contributed by atoms with Crippen LogP contribution in [0.3, 0.4) is 0 Å². The Morgan fingerprint density at radius 1 is 1.89 bits per heavy atom. The van der Waals surface area contributed by atoms with Gasteiger partial charge in [-0.3, -0.25) is 9.89 Å². The van der Waals surface area contributed by atoms with Gasteiger partial charge >= 0.3 is 0 Å². The van der Waals surface area contributed by atoms with Crippen molar-refractivity contribution in [3.05, 3.63) is 16.4 Å². The van der Waals surface area contributed by atoms with Crippen molar-refractivity contribution < 1.29 is 4.79 Å². The first-order valence-electron chi connectivity index (χ1n) is 2.42. The van der Waals surface area contributed by atoms with Crippen LogP contribution in [0.25, 0.3) is 0 Å². The van der Waals surface area contributed by atoms with Crippen molar-refractivity contribution in [3.63, 3.8) is 0 Å². The largest absolute Gasteiger partial charge is 0.294 e. The number of hydrogen-bond donors (Lipinski definition) is 1. The Balaban J connectivity index is 3.08. The number of ketones is 1. The summed E-state index contributed by atoms with van der Waals surface area (Å²) < 4.78 is 0.579. The second-order valence-electron chi connectivity index (χ2n) is 1.65. The number of carbonyl (C=O) groups excluding carboxylic acids is 1. The van der Waals surface area contributed by atoms with E-state index in [1.54, 1.807) is 6.20 Å². The van der Waals surface area contributed by atoms with E-state index in [1.165, 1.54) is 6.92 Å². The molecule has 0 bridgehead atoms. The van der Waals surface area contributed by atoms with E-state index in [0.717, 1.165) is 0 Å². The minimum absolute atomic E-state index is 0.00984. The number of hydrogen-bond acceptors (Lipinski definition) is 2. The summed E-state index contributed by atoms with van der Waals surface area (Å²) in [6, 6.07) is 0. The Kier molecular flexibility index (Phi) is 1.66. The number of nitrogens with one attached hydrogen (secondary N) is 1. The van der Waals surface area contributed by atoms with Gasteiger partial charge in [0.25, 0.3) is 0 Å². The summed E-state index contributed by atoms with van der Waals surface area (Å²) >= 11 is 3.10. The number of rotatable bonds is 1. The highest BCUT2D eigenvalue weighted by atomic mass is 79.9. The summed E-state index contributed by atoms with van der Waals surface area (Å²) in [5.74, 6) is 0.00984. The topological polar surface area (TPSA) is 45.8 Å². The predicted octanol–water partition coefficient (Wildman–Crippen LogP) is 1.37. The zero-order valence-electron chi connectivity index (χ0n) is 4.81. The zero-order valence-corrected chi connectivity index (χ0v) is 6.40. The lowest BCUT2D eigenvalue weighted by molar-refractivity contribution is 0.101. The van der Waals surface area contributed by atoms with Crippen LogP contribution in [-0.2, 0) is 0 Å². The van der Waals surface area contributed by atoms with Crippen LogP contribution in [-0.4, -0.2) is 16.0 Å².